The van der Waals surface area contributed by atoms with Gasteiger partial charge in [0.05, 0.1) is 0 Å². The van der Waals surface area contributed by atoms with Crippen LogP contribution in [0.1, 0.15) is 27.7 Å². The first kappa shape index (κ1) is 11.8. The Morgan fingerprint density at radius 3 is 2.08 bits per heavy atom. The van der Waals surface area contributed by atoms with Crippen molar-refractivity contribution in [3.8, 4) is 0 Å². The van der Waals surface area contributed by atoms with Gasteiger partial charge in [-0.3, -0.25) is 0 Å². The first-order chi connectivity index (χ1) is 6.47. The molecule has 0 fully saturated rings. The molecule has 2 rings (SSSR count). The van der Waals surface area contributed by atoms with Gasteiger partial charge in [-0.15, -0.1) is 0 Å². The summed E-state index contributed by atoms with van der Waals surface area (Å²) in [5, 5.41) is 1.28. The van der Waals surface area contributed by atoms with E-state index in [1.165, 1.54) is 10.9 Å². The molecule has 1 heteroatoms. The van der Waals surface area contributed by atoms with Crippen LogP contribution in [0.25, 0.3) is 10.9 Å². The van der Waals surface area contributed by atoms with Crippen LogP contribution in [0.5, 0.6) is 0 Å². The molecule has 0 aliphatic heterocycles. The number of para-hydroxylation sites is 1. The summed E-state index contributed by atoms with van der Waals surface area (Å²) < 4.78 is 0. The van der Waals surface area contributed by atoms with E-state index in [-0.39, 0.29) is 0 Å². The van der Waals surface area contributed by atoms with Crippen molar-refractivity contribution < 1.29 is 0 Å². The summed E-state index contributed by atoms with van der Waals surface area (Å²) in [6, 6.07) is 10.3. The van der Waals surface area contributed by atoms with Crippen molar-refractivity contribution in [3.05, 3.63) is 36.5 Å². The van der Waals surface area contributed by atoms with E-state index in [1.807, 2.05) is 46.0 Å². The van der Waals surface area contributed by atoms with Crippen LogP contribution in [0, 0.1) is 0 Å². The average molecular weight is 177 g/mol. The van der Waals surface area contributed by atoms with Gasteiger partial charge in [-0.05, 0) is 17.5 Å². The zero-order chi connectivity index (χ0) is 10.1. The van der Waals surface area contributed by atoms with Gasteiger partial charge in [-0.2, -0.15) is 0 Å². The number of benzene rings is 1. The van der Waals surface area contributed by atoms with Crippen LogP contribution >= 0.6 is 0 Å². The highest BCUT2D eigenvalue weighted by molar-refractivity contribution is 5.78. The fourth-order valence-corrected chi connectivity index (χ4v) is 0.995. The van der Waals surface area contributed by atoms with E-state index >= 15 is 0 Å². The van der Waals surface area contributed by atoms with Crippen molar-refractivity contribution in [2.75, 3.05) is 0 Å². The predicted molar refractivity (Wildman–Crippen MR) is 61.0 cm³/mol. The third-order valence-electron chi connectivity index (χ3n) is 1.46. The van der Waals surface area contributed by atoms with Gasteiger partial charge in [-0.1, -0.05) is 45.9 Å². The Kier molecular flexibility index (Phi) is 6.70. The lowest BCUT2D eigenvalue weighted by Crippen LogP contribution is -1.61. The van der Waals surface area contributed by atoms with Crippen molar-refractivity contribution in [3.63, 3.8) is 0 Å². The second-order valence-corrected chi connectivity index (χ2v) is 2.06. The summed E-state index contributed by atoms with van der Waals surface area (Å²) in [5.41, 5.74) is 1.21. The lowest BCUT2D eigenvalue weighted by molar-refractivity contribution is 1.48. The van der Waals surface area contributed by atoms with Crippen molar-refractivity contribution in [2.24, 2.45) is 0 Å². The fourth-order valence-electron chi connectivity index (χ4n) is 0.995. The number of rotatable bonds is 0. The van der Waals surface area contributed by atoms with Gasteiger partial charge < -0.3 is 4.98 Å². The van der Waals surface area contributed by atoms with E-state index in [0.29, 0.717) is 0 Å². The minimum Gasteiger partial charge on any atom is -0.361 e. The summed E-state index contributed by atoms with van der Waals surface area (Å²) in [7, 11) is 0. The fraction of sp³-hybridized carbons (Fsp3) is 0.333. The van der Waals surface area contributed by atoms with Crippen LogP contribution in [0.15, 0.2) is 36.5 Å². The molecule has 0 aliphatic rings. The van der Waals surface area contributed by atoms with E-state index in [2.05, 4.69) is 23.2 Å². The molecular weight excluding hydrogens is 158 g/mol. The number of aromatic nitrogens is 1. The molecule has 0 bridgehead atoms. The minimum absolute atomic E-state index is 1.21. The Labute approximate surface area is 80.8 Å². The van der Waals surface area contributed by atoms with Gasteiger partial charge in [0.2, 0.25) is 0 Å². The first-order valence-corrected chi connectivity index (χ1v) is 4.99. The monoisotopic (exact) mass is 177 g/mol. The molecule has 1 heterocycles. The molecule has 0 saturated carbocycles. The Hall–Kier alpha value is -1.24. The number of hydrogen-bond donors (Lipinski definition) is 1. The van der Waals surface area contributed by atoms with Crippen molar-refractivity contribution in [1.82, 2.24) is 4.98 Å². The number of H-pyrrole nitrogens is 1. The molecular formula is C12H19N. The lowest BCUT2D eigenvalue weighted by Gasteiger charge is -1.83. The molecule has 0 radical (unpaired) electrons. The maximum atomic E-state index is 3.12. The molecule has 0 atom stereocenters. The summed E-state index contributed by atoms with van der Waals surface area (Å²) in [6.45, 7) is 8.00. The number of hydrogen-bond acceptors (Lipinski definition) is 0. The standard InChI is InChI=1S/C8H7N.2C2H6/c1-2-4-8-7(3-1)5-6-9-8;2*1-2/h1-6,9H;2*1-2H3. The van der Waals surface area contributed by atoms with Crippen LogP contribution in [0.2, 0.25) is 0 Å². The second-order valence-electron chi connectivity index (χ2n) is 2.06. The van der Waals surface area contributed by atoms with Gasteiger partial charge in [0, 0.05) is 11.7 Å². The lowest BCUT2D eigenvalue weighted by atomic mass is 10.3. The van der Waals surface area contributed by atoms with Gasteiger partial charge in [-0.25, -0.2) is 0 Å². The van der Waals surface area contributed by atoms with Gasteiger partial charge >= 0.3 is 0 Å². The highest BCUT2D eigenvalue weighted by atomic mass is 14.6. The molecule has 1 aromatic heterocycles. The average Bonchev–Trinajstić information content (AvgIpc) is 2.71. The highest BCUT2D eigenvalue weighted by Gasteiger charge is 1.86. The normalized spacial score (nSPS) is 8.00. The molecule has 1 nitrogen and oxygen atoms in total. The van der Waals surface area contributed by atoms with Gasteiger partial charge in [0.15, 0.2) is 0 Å². The van der Waals surface area contributed by atoms with Crippen LogP contribution in [0.3, 0.4) is 0 Å². The Morgan fingerprint density at radius 2 is 1.46 bits per heavy atom. The number of aromatic amines is 1. The van der Waals surface area contributed by atoms with E-state index in [0.717, 1.165) is 0 Å². The van der Waals surface area contributed by atoms with Gasteiger partial charge in [0.1, 0.15) is 0 Å². The van der Waals surface area contributed by atoms with E-state index < -0.39 is 0 Å². The van der Waals surface area contributed by atoms with E-state index in [1.54, 1.807) is 0 Å². The van der Waals surface area contributed by atoms with E-state index in [4.69, 9.17) is 0 Å². The van der Waals surface area contributed by atoms with E-state index in [9.17, 15) is 0 Å². The Morgan fingerprint density at radius 1 is 0.846 bits per heavy atom. The minimum atomic E-state index is 1.21. The molecule has 13 heavy (non-hydrogen) atoms. The zero-order valence-corrected chi connectivity index (χ0v) is 8.96. The maximum Gasteiger partial charge on any atom is 0.0453 e. The predicted octanol–water partition coefficient (Wildman–Crippen LogP) is 4.22. The van der Waals surface area contributed by atoms with Crippen LogP contribution in [-0.4, -0.2) is 4.98 Å². The number of fused-ring (bicyclic) bond motifs is 1. The topological polar surface area (TPSA) is 15.8 Å². The molecule has 0 spiro atoms. The van der Waals surface area contributed by atoms with Crippen molar-refractivity contribution in [2.45, 2.75) is 27.7 Å². The molecule has 1 aromatic carbocycles. The number of nitrogens with one attached hydrogen (secondary N) is 1. The first-order valence-electron chi connectivity index (χ1n) is 4.99. The van der Waals surface area contributed by atoms with Crippen LogP contribution < -0.4 is 0 Å². The van der Waals surface area contributed by atoms with Crippen LogP contribution in [-0.2, 0) is 0 Å². The second kappa shape index (κ2) is 7.41. The maximum absolute atomic E-state index is 3.12. The summed E-state index contributed by atoms with van der Waals surface area (Å²) >= 11 is 0. The third-order valence-corrected chi connectivity index (χ3v) is 1.46. The molecule has 0 unspecified atom stereocenters. The molecule has 2 aromatic rings. The molecule has 1 N–H and O–H groups in total. The summed E-state index contributed by atoms with van der Waals surface area (Å²) in [5.74, 6) is 0. The Balaban J connectivity index is 0.000000322. The zero-order valence-electron chi connectivity index (χ0n) is 8.96. The summed E-state index contributed by atoms with van der Waals surface area (Å²) in [6.07, 6.45) is 1.95. The molecule has 0 aliphatic carbocycles. The smallest absolute Gasteiger partial charge is 0.0453 e. The third kappa shape index (κ3) is 3.32. The molecule has 72 valence electrons. The van der Waals surface area contributed by atoms with Crippen molar-refractivity contribution in [1.29, 1.82) is 0 Å². The SMILES string of the molecule is CC.CC.c1ccc2[nH]ccc2c1. The molecule has 0 saturated heterocycles. The summed E-state index contributed by atoms with van der Waals surface area (Å²) in [4.78, 5) is 3.12. The largest absolute Gasteiger partial charge is 0.361 e. The quantitative estimate of drug-likeness (QED) is 0.620. The van der Waals surface area contributed by atoms with Crippen molar-refractivity contribution >= 4 is 10.9 Å². The molecule has 0 amide bonds. The highest BCUT2D eigenvalue weighted by Crippen LogP contribution is 2.09. The Bertz CT molecular complexity index is 279. The van der Waals surface area contributed by atoms with Gasteiger partial charge in [0.25, 0.3) is 0 Å². The van der Waals surface area contributed by atoms with Crippen LogP contribution in [0.4, 0.5) is 0 Å².